The number of fused-ring (bicyclic) bond motifs is 2. The fourth-order valence-electron chi connectivity index (χ4n) is 4.75. The predicted molar refractivity (Wildman–Crippen MR) is 115 cm³/mol. The smallest absolute Gasteiger partial charge is 0.252 e. The first-order chi connectivity index (χ1) is 15.5. The molecule has 1 aliphatic heterocycles. The summed E-state index contributed by atoms with van der Waals surface area (Å²) in [5.74, 6) is -1.30. The highest BCUT2D eigenvalue weighted by Gasteiger charge is 2.47. The van der Waals surface area contributed by atoms with Crippen molar-refractivity contribution in [2.75, 3.05) is 18.5 Å². The molecule has 0 radical (unpaired) electrons. The molecule has 6 rings (SSSR count). The number of hydrogen-bond donors (Lipinski definition) is 1. The van der Waals surface area contributed by atoms with Gasteiger partial charge in [-0.15, -0.1) is 5.10 Å². The molecule has 1 aliphatic carbocycles. The highest BCUT2D eigenvalue weighted by atomic mass is 19.3. The van der Waals surface area contributed by atoms with Crippen molar-refractivity contribution < 1.29 is 13.5 Å². The standard InChI is InChI=1S/C22H23F2N7O/c1-13-27-20-18(31(13)16-9-22(23,24)10-16)8-14(11-25-20)17-2-5-30-19(17)12-26-21(29-30)28-15-3-6-32-7-4-15/h2,5,8,11-12,15-16H,3-4,6-7,9-10H2,1H3,(H,28,29). The zero-order valence-electron chi connectivity index (χ0n) is 17.6. The molecule has 5 heterocycles. The number of aryl methyl sites for hydroxylation is 1. The minimum Gasteiger partial charge on any atom is -0.381 e. The number of ether oxygens (including phenoxy) is 1. The Bertz CT molecular complexity index is 1300. The van der Waals surface area contributed by atoms with E-state index >= 15 is 0 Å². The highest BCUT2D eigenvalue weighted by Crippen LogP contribution is 2.47. The third-order valence-corrected chi connectivity index (χ3v) is 6.44. The van der Waals surface area contributed by atoms with Crippen molar-refractivity contribution in [1.82, 2.24) is 29.1 Å². The van der Waals surface area contributed by atoms with Crippen LogP contribution in [0.2, 0.25) is 0 Å². The molecule has 0 atom stereocenters. The van der Waals surface area contributed by atoms with E-state index in [4.69, 9.17) is 4.74 Å². The lowest BCUT2D eigenvalue weighted by molar-refractivity contribution is -0.103. The zero-order valence-corrected chi connectivity index (χ0v) is 17.6. The van der Waals surface area contributed by atoms with Crippen LogP contribution in [0.3, 0.4) is 0 Å². The fourth-order valence-corrected chi connectivity index (χ4v) is 4.75. The van der Waals surface area contributed by atoms with E-state index in [1.54, 1.807) is 16.9 Å². The minimum absolute atomic E-state index is 0.157. The van der Waals surface area contributed by atoms with Crippen LogP contribution >= 0.6 is 0 Å². The van der Waals surface area contributed by atoms with Gasteiger partial charge in [0.2, 0.25) is 5.95 Å². The summed E-state index contributed by atoms with van der Waals surface area (Å²) < 4.78 is 36.1. The first-order valence-corrected chi connectivity index (χ1v) is 10.9. The fraction of sp³-hybridized carbons (Fsp3) is 0.455. The Labute approximate surface area is 182 Å². The van der Waals surface area contributed by atoms with Crippen molar-refractivity contribution in [2.45, 2.75) is 50.6 Å². The average molecular weight is 439 g/mol. The molecule has 10 heteroatoms. The molecule has 2 aliphatic rings. The Morgan fingerprint density at radius 2 is 1.94 bits per heavy atom. The van der Waals surface area contributed by atoms with Crippen molar-refractivity contribution in [3.63, 3.8) is 0 Å². The van der Waals surface area contributed by atoms with Gasteiger partial charge in [-0.05, 0) is 31.9 Å². The summed E-state index contributed by atoms with van der Waals surface area (Å²) in [5.41, 5.74) is 4.01. The van der Waals surface area contributed by atoms with Crippen molar-refractivity contribution in [3.8, 4) is 11.1 Å². The molecule has 0 spiro atoms. The van der Waals surface area contributed by atoms with Crippen LogP contribution in [0.5, 0.6) is 0 Å². The molecule has 2 fully saturated rings. The summed E-state index contributed by atoms with van der Waals surface area (Å²) in [7, 11) is 0. The number of rotatable bonds is 4. The van der Waals surface area contributed by atoms with Gasteiger partial charge in [-0.3, -0.25) is 0 Å². The molecule has 4 aromatic heterocycles. The molecule has 0 unspecified atom stereocenters. The maximum Gasteiger partial charge on any atom is 0.252 e. The summed E-state index contributed by atoms with van der Waals surface area (Å²) >= 11 is 0. The second kappa shape index (κ2) is 7.19. The van der Waals surface area contributed by atoms with Crippen molar-refractivity contribution in [1.29, 1.82) is 0 Å². The van der Waals surface area contributed by atoms with Crippen LogP contribution < -0.4 is 5.32 Å². The largest absolute Gasteiger partial charge is 0.381 e. The van der Waals surface area contributed by atoms with E-state index in [2.05, 4.69) is 25.4 Å². The molecule has 166 valence electrons. The monoisotopic (exact) mass is 439 g/mol. The third kappa shape index (κ3) is 3.29. The van der Waals surface area contributed by atoms with Crippen LogP contribution in [-0.2, 0) is 4.74 Å². The summed E-state index contributed by atoms with van der Waals surface area (Å²) in [5, 5.41) is 7.98. The summed E-state index contributed by atoms with van der Waals surface area (Å²) in [4.78, 5) is 13.5. The molecule has 1 saturated heterocycles. The maximum absolute atomic E-state index is 13.5. The molecule has 32 heavy (non-hydrogen) atoms. The van der Waals surface area contributed by atoms with Gasteiger partial charge in [-0.1, -0.05) is 0 Å². The Balaban J connectivity index is 1.33. The molecular formula is C22H23F2N7O. The van der Waals surface area contributed by atoms with Crippen LogP contribution in [0.25, 0.3) is 27.8 Å². The van der Waals surface area contributed by atoms with E-state index < -0.39 is 5.92 Å². The van der Waals surface area contributed by atoms with E-state index in [0.717, 1.165) is 48.2 Å². The van der Waals surface area contributed by atoms with Gasteiger partial charge in [-0.25, -0.2) is 28.2 Å². The topological polar surface area (TPSA) is 82.2 Å². The van der Waals surface area contributed by atoms with E-state index in [0.29, 0.717) is 23.5 Å². The van der Waals surface area contributed by atoms with Gasteiger partial charge >= 0.3 is 0 Å². The number of nitrogens with zero attached hydrogens (tertiary/aromatic N) is 6. The third-order valence-electron chi connectivity index (χ3n) is 6.44. The molecule has 4 aromatic rings. The van der Waals surface area contributed by atoms with E-state index in [1.807, 2.05) is 29.8 Å². The summed E-state index contributed by atoms with van der Waals surface area (Å²) in [6, 6.07) is 4.00. The first-order valence-electron chi connectivity index (χ1n) is 10.9. The quantitative estimate of drug-likeness (QED) is 0.517. The lowest BCUT2D eigenvalue weighted by Crippen LogP contribution is -2.37. The Morgan fingerprint density at radius 1 is 1.12 bits per heavy atom. The number of halogens is 2. The highest BCUT2D eigenvalue weighted by molar-refractivity contribution is 5.85. The molecule has 0 aromatic carbocycles. The molecular weight excluding hydrogens is 416 g/mol. The average Bonchev–Trinajstić information content (AvgIpc) is 3.32. The first kappa shape index (κ1) is 19.5. The van der Waals surface area contributed by atoms with Crippen LogP contribution in [0.1, 0.15) is 37.5 Å². The molecule has 0 amide bonds. The van der Waals surface area contributed by atoms with Gasteiger partial charge < -0.3 is 14.6 Å². The second-order valence-electron chi connectivity index (χ2n) is 8.69. The van der Waals surface area contributed by atoms with Crippen molar-refractivity contribution in [2.24, 2.45) is 0 Å². The number of nitrogens with one attached hydrogen (secondary N) is 1. The summed E-state index contributed by atoms with van der Waals surface area (Å²) in [6.07, 6.45) is 7.00. The van der Waals surface area contributed by atoms with Crippen molar-refractivity contribution in [3.05, 3.63) is 36.5 Å². The van der Waals surface area contributed by atoms with Gasteiger partial charge in [0.25, 0.3) is 5.92 Å². The van der Waals surface area contributed by atoms with Crippen LogP contribution in [0.4, 0.5) is 14.7 Å². The molecule has 0 bridgehead atoms. The number of imidazole rings is 1. The van der Waals surface area contributed by atoms with Crippen LogP contribution in [-0.4, -0.2) is 54.3 Å². The number of aromatic nitrogens is 6. The van der Waals surface area contributed by atoms with Gasteiger partial charge in [0.05, 0.1) is 17.2 Å². The molecule has 8 nitrogen and oxygen atoms in total. The Kier molecular flexibility index (Phi) is 4.39. The number of pyridine rings is 1. The van der Waals surface area contributed by atoms with E-state index in [-0.39, 0.29) is 18.9 Å². The summed E-state index contributed by atoms with van der Waals surface area (Å²) in [6.45, 7) is 3.33. The van der Waals surface area contributed by atoms with Crippen LogP contribution in [0, 0.1) is 6.92 Å². The second-order valence-corrected chi connectivity index (χ2v) is 8.69. The maximum atomic E-state index is 13.5. The Hall–Kier alpha value is -3.14. The lowest BCUT2D eigenvalue weighted by Gasteiger charge is -2.36. The minimum atomic E-state index is -2.59. The number of alkyl halides is 2. The Morgan fingerprint density at radius 3 is 2.72 bits per heavy atom. The van der Waals surface area contributed by atoms with Gasteiger partial charge in [0, 0.05) is 61.7 Å². The van der Waals surface area contributed by atoms with Crippen molar-refractivity contribution >= 4 is 22.6 Å². The normalized spacial score (nSPS) is 19.5. The van der Waals surface area contributed by atoms with Gasteiger partial charge in [0.15, 0.2) is 5.65 Å². The number of anilines is 1. The number of hydrogen-bond acceptors (Lipinski definition) is 6. The molecule has 1 N–H and O–H groups in total. The molecule has 1 saturated carbocycles. The lowest BCUT2D eigenvalue weighted by atomic mass is 9.87. The van der Waals surface area contributed by atoms with E-state index in [1.165, 1.54) is 0 Å². The van der Waals surface area contributed by atoms with Crippen LogP contribution in [0.15, 0.2) is 30.7 Å². The van der Waals surface area contributed by atoms with Gasteiger partial charge in [-0.2, -0.15) is 0 Å². The van der Waals surface area contributed by atoms with Gasteiger partial charge in [0.1, 0.15) is 5.82 Å². The predicted octanol–water partition coefficient (Wildman–Crippen LogP) is 4.01. The zero-order chi connectivity index (χ0) is 21.9. The SMILES string of the molecule is Cc1nc2ncc(-c3ccn4nc(NC5CCOCC5)ncc34)cc2n1C1CC(F)(F)C1. The van der Waals surface area contributed by atoms with E-state index in [9.17, 15) is 8.78 Å².